The van der Waals surface area contributed by atoms with Gasteiger partial charge in [0.25, 0.3) is 0 Å². The molecule has 5 N–H and O–H groups in total. The van der Waals surface area contributed by atoms with E-state index in [1.54, 1.807) is 0 Å². The van der Waals surface area contributed by atoms with Crippen molar-refractivity contribution in [1.29, 1.82) is 0 Å². The fourth-order valence-corrected chi connectivity index (χ4v) is 0.870. The van der Waals surface area contributed by atoms with E-state index in [-0.39, 0.29) is 11.6 Å². The molecular formula is C6H11N3O2. The van der Waals surface area contributed by atoms with Crippen LogP contribution in [0, 0.1) is 0 Å². The molecule has 0 amide bonds. The largest absolute Gasteiger partial charge is 0.493 e. The van der Waals surface area contributed by atoms with Gasteiger partial charge in [0.05, 0.1) is 5.69 Å². The number of hydrogen-bond donors (Lipinski definition) is 4. The normalized spacial score (nSPS) is 10.3. The van der Waals surface area contributed by atoms with Gasteiger partial charge in [-0.3, -0.25) is 4.98 Å². The summed E-state index contributed by atoms with van der Waals surface area (Å²) in [5, 5.41) is 9.03. The molecule has 5 nitrogen and oxygen atoms in total. The molecule has 0 unspecified atom stereocenters. The van der Waals surface area contributed by atoms with E-state index >= 15 is 0 Å². The van der Waals surface area contributed by atoms with Crippen LogP contribution in [0.2, 0.25) is 0 Å². The van der Waals surface area contributed by atoms with Crippen molar-refractivity contribution in [1.82, 2.24) is 9.97 Å². The summed E-state index contributed by atoms with van der Waals surface area (Å²) >= 11 is 0. The summed E-state index contributed by atoms with van der Waals surface area (Å²) in [6.45, 7) is 0.548. The Bertz CT molecular complexity index is 276. The van der Waals surface area contributed by atoms with Gasteiger partial charge in [-0.2, -0.15) is 0 Å². The Morgan fingerprint density at radius 1 is 1.45 bits per heavy atom. The van der Waals surface area contributed by atoms with Gasteiger partial charge in [0, 0.05) is 0 Å². The van der Waals surface area contributed by atoms with Crippen molar-refractivity contribution in [3.05, 3.63) is 16.2 Å². The van der Waals surface area contributed by atoms with Crippen molar-refractivity contribution in [3.63, 3.8) is 0 Å². The van der Waals surface area contributed by atoms with Gasteiger partial charge in [-0.05, 0) is 19.4 Å². The number of nitrogens with one attached hydrogen (secondary N) is 2. The fraction of sp³-hybridized carbons (Fsp3) is 0.500. The quantitative estimate of drug-likeness (QED) is 0.467. The topological polar surface area (TPSA) is 94.9 Å². The maximum atomic E-state index is 10.6. The molecule has 0 aliphatic heterocycles. The number of hydrogen-bond acceptors (Lipinski definition) is 3. The van der Waals surface area contributed by atoms with E-state index in [1.165, 1.54) is 0 Å². The van der Waals surface area contributed by atoms with E-state index in [4.69, 9.17) is 10.8 Å². The summed E-state index contributed by atoms with van der Waals surface area (Å²) < 4.78 is 0. The fourth-order valence-electron chi connectivity index (χ4n) is 0.870. The summed E-state index contributed by atoms with van der Waals surface area (Å²) in [6.07, 6.45) is 1.35. The summed E-state index contributed by atoms with van der Waals surface area (Å²) in [4.78, 5) is 15.3. The zero-order valence-corrected chi connectivity index (χ0v) is 6.05. The second kappa shape index (κ2) is 3.25. The van der Waals surface area contributed by atoms with Gasteiger partial charge in [-0.15, -0.1) is 0 Å². The molecule has 0 atom stereocenters. The third kappa shape index (κ3) is 1.84. The molecule has 0 aromatic carbocycles. The molecule has 1 aromatic heterocycles. The molecule has 0 aliphatic carbocycles. The molecule has 5 heteroatoms. The van der Waals surface area contributed by atoms with Crippen LogP contribution < -0.4 is 11.4 Å². The Kier molecular flexibility index (Phi) is 2.32. The van der Waals surface area contributed by atoms with Crippen LogP contribution in [0.5, 0.6) is 5.88 Å². The molecule has 1 heterocycles. The Morgan fingerprint density at radius 2 is 2.18 bits per heavy atom. The lowest BCUT2D eigenvalue weighted by Crippen LogP contribution is -2.03. The number of aromatic amines is 2. The van der Waals surface area contributed by atoms with E-state index < -0.39 is 0 Å². The monoisotopic (exact) mass is 157 g/mol. The van der Waals surface area contributed by atoms with Crippen molar-refractivity contribution in [2.24, 2.45) is 5.73 Å². The molecule has 0 bridgehead atoms. The molecule has 0 saturated heterocycles. The van der Waals surface area contributed by atoms with Crippen molar-refractivity contribution in [3.8, 4) is 5.88 Å². The Balaban J connectivity index is 2.69. The van der Waals surface area contributed by atoms with Crippen molar-refractivity contribution < 1.29 is 5.11 Å². The first-order valence-electron chi connectivity index (χ1n) is 3.44. The number of aromatic hydroxyl groups is 1. The highest BCUT2D eigenvalue weighted by Crippen LogP contribution is 2.08. The number of H-pyrrole nitrogens is 2. The van der Waals surface area contributed by atoms with Gasteiger partial charge in [0.1, 0.15) is 0 Å². The molecule has 0 aliphatic rings. The van der Waals surface area contributed by atoms with Crippen LogP contribution in [-0.4, -0.2) is 21.6 Å². The lowest BCUT2D eigenvalue weighted by atomic mass is 10.2. The first kappa shape index (κ1) is 7.87. The van der Waals surface area contributed by atoms with Gasteiger partial charge in [-0.25, -0.2) is 4.79 Å². The minimum atomic E-state index is -0.380. The van der Waals surface area contributed by atoms with Crippen LogP contribution in [-0.2, 0) is 6.42 Å². The van der Waals surface area contributed by atoms with Gasteiger partial charge in [0.15, 0.2) is 0 Å². The van der Waals surface area contributed by atoms with Crippen molar-refractivity contribution in [2.45, 2.75) is 12.8 Å². The lowest BCUT2D eigenvalue weighted by Gasteiger charge is -1.93. The highest BCUT2D eigenvalue weighted by molar-refractivity contribution is 5.15. The molecule has 1 aromatic rings. The van der Waals surface area contributed by atoms with E-state index in [1.807, 2.05) is 0 Å². The van der Waals surface area contributed by atoms with Crippen LogP contribution >= 0.6 is 0 Å². The number of aromatic nitrogens is 2. The number of nitrogens with two attached hydrogens (primary N) is 1. The smallest absolute Gasteiger partial charge is 0.325 e. The number of rotatable bonds is 3. The third-order valence-electron chi connectivity index (χ3n) is 1.41. The zero-order chi connectivity index (χ0) is 8.27. The predicted molar refractivity (Wildman–Crippen MR) is 40.5 cm³/mol. The molecule has 0 saturated carbocycles. The van der Waals surface area contributed by atoms with E-state index in [0.717, 1.165) is 6.42 Å². The average molecular weight is 157 g/mol. The van der Waals surface area contributed by atoms with Crippen LogP contribution in [0.3, 0.4) is 0 Å². The highest BCUT2D eigenvalue weighted by Gasteiger charge is 2.02. The maximum Gasteiger partial charge on any atom is 0.325 e. The average Bonchev–Trinajstić information content (AvgIpc) is 2.26. The minimum Gasteiger partial charge on any atom is -0.493 e. The van der Waals surface area contributed by atoms with Gasteiger partial charge < -0.3 is 15.8 Å². The highest BCUT2D eigenvalue weighted by atomic mass is 16.3. The summed E-state index contributed by atoms with van der Waals surface area (Å²) in [6, 6.07) is 0. The van der Waals surface area contributed by atoms with E-state index in [0.29, 0.717) is 18.7 Å². The molecule has 11 heavy (non-hydrogen) atoms. The van der Waals surface area contributed by atoms with Crippen molar-refractivity contribution in [2.75, 3.05) is 6.54 Å². The van der Waals surface area contributed by atoms with Gasteiger partial charge in [-0.1, -0.05) is 0 Å². The third-order valence-corrected chi connectivity index (χ3v) is 1.41. The minimum absolute atomic E-state index is 0.0801. The summed E-state index contributed by atoms with van der Waals surface area (Å²) in [5.74, 6) is -0.0801. The standard InChI is InChI=1S/C6H11N3O2/c7-3-1-2-4-5(10)9-6(11)8-4/h10H,1-3,7H2,(H2,8,9,11). The predicted octanol–water partition coefficient (Wildman–Crippen LogP) is -0.700. The molecule has 0 spiro atoms. The van der Waals surface area contributed by atoms with E-state index in [9.17, 15) is 4.79 Å². The van der Waals surface area contributed by atoms with Crippen LogP contribution in [0.4, 0.5) is 0 Å². The van der Waals surface area contributed by atoms with Crippen LogP contribution in [0.15, 0.2) is 4.79 Å². The Labute approximate surface area is 63.3 Å². The first-order valence-corrected chi connectivity index (χ1v) is 3.44. The lowest BCUT2D eigenvalue weighted by molar-refractivity contribution is 0.448. The Morgan fingerprint density at radius 3 is 2.64 bits per heavy atom. The van der Waals surface area contributed by atoms with Gasteiger partial charge in [0.2, 0.25) is 5.88 Å². The second-order valence-corrected chi connectivity index (χ2v) is 2.30. The van der Waals surface area contributed by atoms with E-state index in [2.05, 4.69) is 9.97 Å². The molecule has 62 valence electrons. The van der Waals surface area contributed by atoms with Gasteiger partial charge >= 0.3 is 5.69 Å². The maximum absolute atomic E-state index is 10.6. The molecular weight excluding hydrogens is 146 g/mol. The number of imidazole rings is 1. The summed E-state index contributed by atoms with van der Waals surface area (Å²) in [7, 11) is 0. The van der Waals surface area contributed by atoms with Crippen molar-refractivity contribution >= 4 is 0 Å². The van der Waals surface area contributed by atoms with Crippen LogP contribution in [0.25, 0.3) is 0 Å². The molecule has 1 rings (SSSR count). The summed E-state index contributed by atoms with van der Waals surface area (Å²) in [5.41, 5.74) is 5.40. The first-order chi connectivity index (χ1) is 5.24. The second-order valence-electron chi connectivity index (χ2n) is 2.30. The SMILES string of the molecule is NCCCc1[nH]c(=O)[nH]c1O. The zero-order valence-electron chi connectivity index (χ0n) is 6.05. The molecule has 0 radical (unpaired) electrons. The Hall–Kier alpha value is -1.23. The number of aryl methyl sites for hydroxylation is 1. The molecule has 0 fully saturated rings. The van der Waals surface area contributed by atoms with Crippen LogP contribution in [0.1, 0.15) is 12.1 Å².